The maximum atomic E-state index is 12.4. The fourth-order valence-corrected chi connectivity index (χ4v) is 3.20. The number of amides is 1. The molecule has 3 nitrogen and oxygen atoms in total. The van der Waals surface area contributed by atoms with Crippen LogP contribution < -0.4 is 0 Å². The monoisotopic (exact) mass is 380 g/mol. The average Bonchev–Trinajstić information content (AvgIpc) is 3.00. The van der Waals surface area contributed by atoms with Crippen molar-refractivity contribution in [1.29, 1.82) is 0 Å². The highest BCUT2D eigenvalue weighted by Gasteiger charge is 2.19. The van der Waals surface area contributed by atoms with E-state index in [-0.39, 0.29) is 5.91 Å². The van der Waals surface area contributed by atoms with Crippen molar-refractivity contribution in [3.63, 3.8) is 0 Å². The van der Waals surface area contributed by atoms with Crippen molar-refractivity contribution in [2.24, 2.45) is 0 Å². The van der Waals surface area contributed by atoms with E-state index in [2.05, 4.69) is 23.6 Å². The average molecular weight is 381 g/mol. The lowest BCUT2D eigenvalue weighted by Gasteiger charge is -2.25. The van der Waals surface area contributed by atoms with Crippen molar-refractivity contribution < 1.29 is 4.79 Å². The molecule has 0 aliphatic carbocycles. The second kappa shape index (κ2) is 9.88. The highest BCUT2D eigenvalue weighted by Crippen LogP contribution is 2.16. The van der Waals surface area contributed by atoms with Crippen LogP contribution in [-0.4, -0.2) is 27.3 Å². The van der Waals surface area contributed by atoms with Gasteiger partial charge in [-0.15, -0.1) is 11.6 Å². The molecule has 0 aliphatic heterocycles. The summed E-state index contributed by atoms with van der Waals surface area (Å²) < 4.78 is 2.16. The van der Waals surface area contributed by atoms with E-state index in [1.54, 1.807) is 6.92 Å². The molecule has 0 N–H and O–H groups in total. The summed E-state index contributed by atoms with van der Waals surface area (Å²) in [6.45, 7) is 5.95. The van der Waals surface area contributed by atoms with Crippen LogP contribution in [0.5, 0.6) is 0 Å². The Labute approximate surface area is 160 Å². The molecule has 1 aromatic heterocycles. The first kappa shape index (κ1) is 19.9. The summed E-state index contributed by atoms with van der Waals surface area (Å²) in [6, 6.07) is 11.9. The van der Waals surface area contributed by atoms with Crippen LogP contribution in [0, 0.1) is 0 Å². The number of unbranched alkanes of at least 4 members (excludes halogenated alkanes) is 2. The first-order valence-electron chi connectivity index (χ1n) is 8.82. The highest BCUT2D eigenvalue weighted by atomic mass is 35.5. The van der Waals surface area contributed by atoms with Crippen LogP contribution in [0.3, 0.4) is 0 Å². The molecule has 2 aromatic rings. The molecule has 0 bridgehead atoms. The molecule has 1 heterocycles. The van der Waals surface area contributed by atoms with Gasteiger partial charge in [-0.3, -0.25) is 4.79 Å². The maximum absolute atomic E-state index is 12.4. The molecule has 0 unspecified atom stereocenters. The Kier molecular flexibility index (Phi) is 7.86. The molecule has 0 aliphatic rings. The Balaban J connectivity index is 2.11. The number of benzene rings is 1. The van der Waals surface area contributed by atoms with E-state index in [0.29, 0.717) is 6.54 Å². The van der Waals surface area contributed by atoms with E-state index in [0.717, 1.165) is 48.6 Å². The zero-order valence-corrected chi connectivity index (χ0v) is 16.4. The number of aromatic nitrogens is 1. The largest absolute Gasteiger partial charge is 0.345 e. The number of nitrogens with zero attached hydrogens (tertiary/aromatic N) is 2. The minimum absolute atomic E-state index is 0.00623. The van der Waals surface area contributed by atoms with Crippen molar-refractivity contribution in [2.45, 2.75) is 51.6 Å². The molecule has 0 saturated carbocycles. The molecule has 25 heavy (non-hydrogen) atoms. The van der Waals surface area contributed by atoms with Gasteiger partial charge in [-0.2, -0.15) is 0 Å². The first-order chi connectivity index (χ1) is 12.0. The Bertz CT molecular complexity index is 682. The summed E-state index contributed by atoms with van der Waals surface area (Å²) in [7, 11) is 0. The fourth-order valence-electron chi connectivity index (χ4n) is 2.85. The molecular weight excluding hydrogens is 355 g/mol. The minimum Gasteiger partial charge on any atom is -0.345 e. The lowest BCUT2D eigenvalue weighted by Crippen LogP contribution is -2.36. The molecule has 5 heteroatoms. The van der Waals surface area contributed by atoms with Crippen LogP contribution in [0.1, 0.15) is 44.4 Å². The summed E-state index contributed by atoms with van der Waals surface area (Å²) in [4.78, 5) is 14.3. The summed E-state index contributed by atoms with van der Waals surface area (Å²) in [5.41, 5.74) is 2.24. The van der Waals surface area contributed by atoms with Crippen molar-refractivity contribution in [2.75, 3.05) is 6.54 Å². The normalized spacial score (nSPS) is 12.2. The number of alkyl halides is 1. The third kappa shape index (κ3) is 6.09. The van der Waals surface area contributed by atoms with E-state index >= 15 is 0 Å². The molecule has 2 rings (SSSR count). The molecule has 0 fully saturated rings. The summed E-state index contributed by atoms with van der Waals surface area (Å²) in [5, 5.41) is 0.233. The summed E-state index contributed by atoms with van der Waals surface area (Å²) in [5.74, 6) is -0.00623. The van der Waals surface area contributed by atoms with Gasteiger partial charge in [0.2, 0.25) is 5.91 Å². The van der Waals surface area contributed by atoms with Crippen molar-refractivity contribution in [3.05, 3.63) is 58.9 Å². The van der Waals surface area contributed by atoms with Gasteiger partial charge in [0.1, 0.15) is 5.38 Å². The number of carbonyl (C=O) groups is 1. The fraction of sp³-hybridized carbons (Fsp3) is 0.450. The van der Waals surface area contributed by atoms with Crippen molar-refractivity contribution in [3.8, 4) is 0 Å². The van der Waals surface area contributed by atoms with Gasteiger partial charge in [0.15, 0.2) is 0 Å². The van der Waals surface area contributed by atoms with E-state index in [4.69, 9.17) is 23.2 Å². The van der Waals surface area contributed by atoms with Crippen LogP contribution in [0.4, 0.5) is 0 Å². The van der Waals surface area contributed by atoms with Crippen molar-refractivity contribution in [1.82, 2.24) is 9.47 Å². The molecule has 0 radical (unpaired) electrons. The van der Waals surface area contributed by atoms with E-state index in [1.807, 2.05) is 35.4 Å². The summed E-state index contributed by atoms with van der Waals surface area (Å²) >= 11 is 12.1. The molecule has 1 atom stereocenters. The van der Waals surface area contributed by atoms with Crippen LogP contribution in [0.2, 0.25) is 5.02 Å². The zero-order chi connectivity index (χ0) is 18.2. The number of hydrogen-bond donors (Lipinski definition) is 0. The topological polar surface area (TPSA) is 25.2 Å². The predicted molar refractivity (Wildman–Crippen MR) is 105 cm³/mol. The molecule has 1 aromatic carbocycles. The van der Waals surface area contributed by atoms with Gasteiger partial charge in [-0.25, -0.2) is 0 Å². The lowest BCUT2D eigenvalue weighted by molar-refractivity contribution is -0.131. The van der Waals surface area contributed by atoms with Gasteiger partial charge < -0.3 is 9.47 Å². The van der Waals surface area contributed by atoms with Crippen LogP contribution in [-0.2, 0) is 17.9 Å². The minimum atomic E-state index is -0.502. The third-order valence-electron chi connectivity index (χ3n) is 4.20. The molecule has 1 amide bonds. The third-order valence-corrected chi connectivity index (χ3v) is 4.62. The Hall–Kier alpha value is -1.45. The molecule has 0 saturated heterocycles. The Morgan fingerprint density at radius 3 is 2.72 bits per heavy atom. The summed E-state index contributed by atoms with van der Waals surface area (Å²) in [6.07, 6.45) is 5.28. The number of rotatable bonds is 9. The van der Waals surface area contributed by atoms with Gasteiger partial charge in [0.05, 0.1) is 6.54 Å². The zero-order valence-electron chi connectivity index (χ0n) is 14.9. The first-order valence-corrected chi connectivity index (χ1v) is 9.64. The van der Waals surface area contributed by atoms with E-state index in [9.17, 15) is 4.79 Å². The highest BCUT2D eigenvalue weighted by molar-refractivity contribution is 6.30. The van der Waals surface area contributed by atoms with E-state index in [1.165, 1.54) is 0 Å². The number of halogens is 2. The Morgan fingerprint density at radius 1 is 1.24 bits per heavy atom. The van der Waals surface area contributed by atoms with Crippen LogP contribution in [0.25, 0.3) is 0 Å². The van der Waals surface area contributed by atoms with Gasteiger partial charge in [0.25, 0.3) is 0 Å². The van der Waals surface area contributed by atoms with Gasteiger partial charge >= 0.3 is 0 Å². The van der Waals surface area contributed by atoms with E-state index < -0.39 is 5.38 Å². The second-order valence-electron chi connectivity index (χ2n) is 6.34. The van der Waals surface area contributed by atoms with Crippen LogP contribution in [0.15, 0.2) is 42.6 Å². The molecule has 136 valence electrons. The second-order valence-corrected chi connectivity index (χ2v) is 7.43. The predicted octanol–water partition coefficient (Wildman–Crippen LogP) is 5.34. The molecule has 0 spiro atoms. The Morgan fingerprint density at radius 2 is 2.04 bits per heavy atom. The quantitative estimate of drug-likeness (QED) is 0.425. The number of hydrogen-bond acceptors (Lipinski definition) is 1. The standard InChI is InChI=1S/C20H26Cl2N2O/c1-3-4-5-11-24(20(25)16(2)21)15-19-10-7-12-23(19)14-17-8-6-9-18(22)13-17/h6-10,12-13,16H,3-5,11,14-15H2,1-2H3/t16-/m1/s1. The number of carbonyl (C=O) groups excluding carboxylic acids is 1. The SMILES string of the molecule is CCCCCN(Cc1cccn1Cc1cccc(Cl)c1)C(=O)[C@@H](C)Cl. The smallest absolute Gasteiger partial charge is 0.240 e. The lowest BCUT2D eigenvalue weighted by atomic mass is 10.2. The maximum Gasteiger partial charge on any atom is 0.240 e. The van der Waals surface area contributed by atoms with Crippen molar-refractivity contribution >= 4 is 29.1 Å². The van der Waals surface area contributed by atoms with Gasteiger partial charge in [-0.05, 0) is 43.2 Å². The molecular formula is C20H26Cl2N2O. The van der Waals surface area contributed by atoms with Gasteiger partial charge in [-0.1, -0.05) is 43.5 Å². The van der Waals surface area contributed by atoms with Gasteiger partial charge in [0, 0.05) is 30.0 Å². The van der Waals surface area contributed by atoms with Crippen LogP contribution >= 0.6 is 23.2 Å².